The predicted molar refractivity (Wildman–Crippen MR) is 150 cm³/mol. The van der Waals surface area contributed by atoms with E-state index >= 15 is 0 Å². The Morgan fingerprint density at radius 1 is 1.06 bits per heavy atom. The number of benzene rings is 2. The Morgan fingerprint density at radius 2 is 1.77 bits per heavy atom. The molecule has 1 aromatic heterocycles. The van der Waals surface area contributed by atoms with Crippen LogP contribution in [0.1, 0.15) is 49.2 Å². The Kier molecular flexibility index (Phi) is 12.6. The van der Waals surface area contributed by atoms with Crippen LogP contribution < -0.4 is 5.32 Å². The van der Waals surface area contributed by atoms with Crippen LogP contribution in [0.25, 0.3) is 12.2 Å². The second-order valence-corrected chi connectivity index (χ2v) is 9.88. The maximum Gasteiger partial charge on any atom is 0.309 e. The van der Waals surface area contributed by atoms with Gasteiger partial charge in [-0.3, -0.25) is 9.78 Å². The Morgan fingerprint density at radius 3 is 2.49 bits per heavy atom. The third-order valence-corrected chi connectivity index (χ3v) is 6.50. The van der Waals surface area contributed by atoms with Gasteiger partial charge in [-0.05, 0) is 81.7 Å². The molecular formula is C28H35ClN2O3S. The molecule has 0 spiro atoms. The lowest BCUT2D eigenvalue weighted by Crippen LogP contribution is -2.24. The van der Waals surface area contributed by atoms with Gasteiger partial charge in [0.2, 0.25) is 0 Å². The van der Waals surface area contributed by atoms with E-state index in [1.54, 1.807) is 25.6 Å². The normalized spacial score (nSPS) is 10.9. The maximum absolute atomic E-state index is 11.2. The first-order valence-corrected chi connectivity index (χ1v) is 12.2. The first-order chi connectivity index (χ1) is 15.8. The fourth-order valence-electron chi connectivity index (χ4n) is 3.27. The van der Waals surface area contributed by atoms with Crippen molar-refractivity contribution >= 4 is 48.0 Å². The van der Waals surface area contributed by atoms with Crippen molar-refractivity contribution in [1.29, 1.82) is 0 Å². The van der Waals surface area contributed by atoms with Crippen LogP contribution in [0.3, 0.4) is 0 Å². The summed E-state index contributed by atoms with van der Waals surface area (Å²) >= 11 is 1.79. The van der Waals surface area contributed by atoms with Crippen LogP contribution in [0.2, 0.25) is 0 Å². The number of hydrogen-bond acceptors (Lipinski definition) is 4. The number of hydrogen-bond donors (Lipinski definition) is 2. The van der Waals surface area contributed by atoms with Crippen LogP contribution >= 0.6 is 24.2 Å². The molecular weight excluding hydrogens is 480 g/mol. The van der Waals surface area contributed by atoms with Crippen LogP contribution in [0.4, 0.5) is 5.69 Å². The Hall–Kier alpha value is -2.80. The van der Waals surface area contributed by atoms with Crippen LogP contribution in [-0.2, 0) is 10.5 Å². The number of carbonyl (C=O) groups is 1. The molecule has 0 amide bonds. The van der Waals surface area contributed by atoms with Gasteiger partial charge in [0, 0.05) is 22.9 Å². The van der Waals surface area contributed by atoms with E-state index in [9.17, 15) is 9.90 Å². The van der Waals surface area contributed by atoms with Crippen molar-refractivity contribution in [3.8, 4) is 0 Å². The van der Waals surface area contributed by atoms with Gasteiger partial charge in [0.25, 0.3) is 0 Å². The van der Waals surface area contributed by atoms with Crippen molar-refractivity contribution in [3.63, 3.8) is 0 Å². The van der Waals surface area contributed by atoms with Gasteiger partial charge < -0.3 is 15.9 Å². The molecule has 0 atom stereocenters. The number of thioether (sulfide) groups is 1. The highest BCUT2D eigenvalue weighted by Gasteiger charge is 2.25. The topological polar surface area (TPSA) is 93.7 Å². The van der Waals surface area contributed by atoms with Crippen LogP contribution in [0.15, 0.2) is 71.6 Å². The molecule has 0 aliphatic rings. The first kappa shape index (κ1) is 30.2. The second kappa shape index (κ2) is 14.6. The Bertz CT molecular complexity index is 1100. The van der Waals surface area contributed by atoms with Gasteiger partial charge >= 0.3 is 5.97 Å². The van der Waals surface area contributed by atoms with Gasteiger partial charge in [-0.25, -0.2) is 0 Å². The molecule has 4 N–H and O–H groups in total. The fourth-order valence-corrected chi connectivity index (χ4v) is 4.07. The fraction of sp³-hybridized carbons (Fsp3) is 0.286. The molecule has 188 valence electrons. The minimum Gasteiger partial charge on any atom is -0.481 e. The van der Waals surface area contributed by atoms with Crippen molar-refractivity contribution in [2.75, 3.05) is 11.9 Å². The van der Waals surface area contributed by atoms with Crippen LogP contribution in [-0.4, -0.2) is 28.1 Å². The zero-order chi connectivity index (χ0) is 23.7. The summed E-state index contributed by atoms with van der Waals surface area (Å²) in [6.07, 6.45) is 5.54. The van der Waals surface area contributed by atoms with Gasteiger partial charge in [0.05, 0.1) is 16.8 Å². The molecule has 0 unspecified atom stereocenters. The molecule has 0 radical (unpaired) electrons. The minimum atomic E-state index is -0.749. The third-order valence-electron chi connectivity index (χ3n) is 5.46. The van der Waals surface area contributed by atoms with Crippen molar-refractivity contribution in [2.45, 2.75) is 44.3 Å². The highest BCUT2D eigenvalue weighted by atomic mass is 35.5. The van der Waals surface area contributed by atoms with Gasteiger partial charge in [-0.1, -0.05) is 42.0 Å². The number of aliphatic carboxylic acids is 1. The summed E-state index contributed by atoms with van der Waals surface area (Å²) in [5.41, 5.74) is 4.69. The zero-order valence-electron chi connectivity index (χ0n) is 20.5. The second-order valence-electron chi connectivity index (χ2n) is 8.83. The van der Waals surface area contributed by atoms with Crippen molar-refractivity contribution in [3.05, 3.63) is 89.2 Å². The van der Waals surface area contributed by atoms with E-state index in [2.05, 4.69) is 60.8 Å². The summed E-state index contributed by atoms with van der Waals surface area (Å²) in [6, 6.07) is 22.9. The third kappa shape index (κ3) is 10.1. The molecule has 0 aliphatic heterocycles. The summed E-state index contributed by atoms with van der Waals surface area (Å²) in [6.45, 7) is 6.38. The number of carboxylic acids is 1. The van der Waals surface area contributed by atoms with E-state index in [0.29, 0.717) is 6.42 Å². The number of halogens is 1. The molecule has 2 aromatic carbocycles. The molecule has 3 rings (SSSR count). The highest BCUT2D eigenvalue weighted by Crippen LogP contribution is 2.24. The Labute approximate surface area is 218 Å². The summed E-state index contributed by atoms with van der Waals surface area (Å²) in [5.74, 6) is 0.0871. The maximum atomic E-state index is 11.2. The molecule has 1 heterocycles. The molecule has 0 fully saturated rings. The minimum absolute atomic E-state index is 0. The van der Waals surface area contributed by atoms with E-state index < -0.39 is 11.4 Å². The molecule has 0 aliphatic carbocycles. The van der Waals surface area contributed by atoms with Gasteiger partial charge in [0.1, 0.15) is 0 Å². The van der Waals surface area contributed by atoms with Crippen molar-refractivity contribution in [1.82, 2.24) is 4.98 Å². The largest absolute Gasteiger partial charge is 0.481 e. The van der Waals surface area contributed by atoms with E-state index in [0.717, 1.165) is 41.4 Å². The monoisotopic (exact) mass is 514 g/mol. The number of aryl methyl sites for hydroxylation is 1. The standard InChI is InChI=1S/C28H32N2O2S.ClH.H2O/c1-21-11-15-26(16-12-21)33-20-25-10-5-8-23(30-25)14-13-22-7-4-9-24(19-22)29-18-6-17-28(2,3)27(31)32;;/h4-5,7-16,19,29H,6,17-18,20H2,1-3H3,(H,31,32);1H;1H2. The molecule has 0 bridgehead atoms. The number of nitrogens with zero attached hydrogens (tertiary/aromatic N) is 1. The number of anilines is 1. The highest BCUT2D eigenvalue weighted by molar-refractivity contribution is 7.98. The number of nitrogens with one attached hydrogen (secondary N) is 1. The number of carboxylic acid groups (broad SMARTS) is 1. The smallest absolute Gasteiger partial charge is 0.309 e. The molecule has 35 heavy (non-hydrogen) atoms. The molecule has 0 saturated heterocycles. The lowest BCUT2D eigenvalue weighted by atomic mass is 9.88. The number of pyridine rings is 1. The molecule has 7 heteroatoms. The molecule has 3 aromatic rings. The SMILES string of the molecule is Cc1ccc(SCc2cccc(C=Cc3cccc(NCCCC(C)(C)C(=O)O)c3)n2)cc1.Cl.O. The average molecular weight is 515 g/mol. The molecule has 0 saturated carbocycles. The lowest BCUT2D eigenvalue weighted by Gasteiger charge is -2.18. The summed E-state index contributed by atoms with van der Waals surface area (Å²) < 4.78 is 0. The van der Waals surface area contributed by atoms with Gasteiger partial charge in [-0.2, -0.15) is 0 Å². The summed E-state index contributed by atoms with van der Waals surface area (Å²) in [7, 11) is 0. The Balaban J connectivity index is 0.00000306. The van der Waals surface area contributed by atoms with Crippen LogP contribution in [0.5, 0.6) is 0 Å². The van der Waals surface area contributed by atoms with E-state index in [1.165, 1.54) is 10.5 Å². The van der Waals surface area contributed by atoms with Gasteiger partial charge in [0.15, 0.2) is 0 Å². The quantitative estimate of drug-likeness (QED) is 0.218. The van der Waals surface area contributed by atoms with E-state index in [4.69, 9.17) is 4.98 Å². The predicted octanol–water partition coefficient (Wildman–Crippen LogP) is 6.75. The van der Waals surface area contributed by atoms with Crippen molar-refractivity contribution < 1.29 is 15.4 Å². The number of rotatable bonds is 11. The first-order valence-electron chi connectivity index (χ1n) is 11.2. The average Bonchev–Trinajstić information content (AvgIpc) is 2.81. The van der Waals surface area contributed by atoms with Crippen LogP contribution in [0, 0.1) is 12.3 Å². The molecule has 5 nitrogen and oxygen atoms in total. The summed E-state index contributed by atoms with van der Waals surface area (Å²) in [5, 5.41) is 12.6. The van der Waals surface area contributed by atoms with Crippen molar-refractivity contribution in [2.24, 2.45) is 5.41 Å². The lowest BCUT2D eigenvalue weighted by molar-refractivity contribution is -0.147. The van der Waals surface area contributed by atoms with E-state index in [-0.39, 0.29) is 17.9 Å². The van der Waals surface area contributed by atoms with Gasteiger partial charge in [-0.15, -0.1) is 24.2 Å². The zero-order valence-corrected chi connectivity index (χ0v) is 22.1. The van der Waals surface area contributed by atoms with E-state index in [1.807, 2.05) is 30.3 Å². The number of aromatic nitrogens is 1. The summed E-state index contributed by atoms with van der Waals surface area (Å²) in [4.78, 5) is 17.2.